The number of rotatable bonds is 7. The van der Waals surface area contributed by atoms with Gasteiger partial charge in [-0.05, 0) is 57.0 Å². The molecule has 2 amide bonds. The van der Waals surface area contributed by atoms with Crippen LogP contribution in [0.4, 0.5) is 0 Å². The molecule has 1 aromatic rings. The molecule has 0 bridgehead atoms. The van der Waals surface area contributed by atoms with Gasteiger partial charge in [0.05, 0.1) is 6.04 Å². The Kier molecular flexibility index (Phi) is 11.0. The minimum Gasteiger partial charge on any atom is -0.351 e. The molecule has 1 aliphatic carbocycles. The summed E-state index contributed by atoms with van der Waals surface area (Å²) in [6.07, 6.45) is 5.95. The molecule has 1 heterocycles. The van der Waals surface area contributed by atoms with Gasteiger partial charge in [0.1, 0.15) is 0 Å². The van der Waals surface area contributed by atoms with E-state index in [1.165, 1.54) is 25.7 Å². The van der Waals surface area contributed by atoms with Crippen LogP contribution in [0, 0.1) is 5.92 Å². The number of carbonyl (C=O) groups excluding carboxylic acids is 2. The van der Waals surface area contributed by atoms with Crippen molar-refractivity contribution in [2.24, 2.45) is 5.92 Å². The molecule has 1 aromatic carbocycles. The summed E-state index contributed by atoms with van der Waals surface area (Å²) < 4.78 is 0. The van der Waals surface area contributed by atoms with Crippen LogP contribution in [-0.2, 0) is 11.3 Å². The number of fused-ring (bicyclic) bond motifs is 1. The molecule has 1 saturated heterocycles. The predicted octanol–water partition coefficient (Wildman–Crippen LogP) is 2.36. The molecule has 6 nitrogen and oxygen atoms in total. The molecule has 0 spiro atoms. The number of benzene rings is 1. The van der Waals surface area contributed by atoms with Crippen molar-refractivity contribution in [2.45, 2.75) is 50.7 Å². The number of halogens is 2. The molecule has 3 unspecified atom stereocenters. The third-order valence-corrected chi connectivity index (χ3v) is 5.68. The van der Waals surface area contributed by atoms with Crippen LogP contribution in [0.3, 0.4) is 0 Å². The van der Waals surface area contributed by atoms with Crippen LogP contribution in [-0.4, -0.2) is 56.0 Å². The highest BCUT2D eigenvalue weighted by Crippen LogP contribution is 2.33. The van der Waals surface area contributed by atoms with Crippen LogP contribution >= 0.6 is 24.8 Å². The van der Waals surface area contributed by atoms with Crippen LogP contribution in [0.2, 0.25) is 0 Å². The van der Waals surface area contributed by atoms with E-state index in [-0.39, 0.29) is 42.7 Å². The van der Waals surface area contributed by atoms with Gasteiger partial charge >= 0.3 is 0 Å². The van der Waals surface area contributed by atoms with E-state index in [0.717, 1.165) is 18.5 Å². The first-order valence-corrected chi connectivity index (χ1v) is 10.1. The Morgan fingerprint density at radius 2 is 1.90 bits per heavy atom. The van der Waals surface area contributed by atoms with E-state index in [2.05, 4.69) is 16.0 Å². The van der Waals surface area contributed by atoms with Gasteiger partial charge in [-0.1, -0.05) is 25.0 Å². The summed E-state index contributed by atoms with van der Waals surface area (Å²) in [4.78, 5) is 26.8. The molecule has 29 heavy (non-hydrogen) atoms. The number of carbonyl (C=O) groups is 2. The number of hydrogen-bond donors (Lipinski definition) is 3. The molecule has 0 aromatic heterocycles. The highest BCUT2D eigenvalue weighted by molar-refractivity contribution is 5.94. The van der Waals surface area contributed by atoms with Crippen molar-refractivity contribution in [3.8, 4) is 0 Å². The van der Waals surface area contributed by atoms with Crippen molar-refractivity contribution in [2.75, 3.05) is 27.2 Å². The van der Waals surface area contributed by atoms with Crippen molar-refractivity contribution in [3.05, 3.63) is 35.4 Å². The van der Waals surface area contributed by atoms with Crippen molar-refractivity contribution < 1.29 is 9.59 Å². The number of nitrogens with one attached hydrogen (secondary N) is 3. The summed E-state index contributed by atoms with van der Waals surface area (Å²) in [6.45, 7) is 1.87. The van der Waals surface area contributed by atoms with Gasteiger partial charge in [-0.3, -0.25) is 9.59 Å². The zero-order chi connectivity index (χ0) is 19.2. The summed E-state index contributed by atoms with van der Waals surface area (Å²) in [7, 11) is 3.95. The summed E-state index contributed by atoms with van der Waals surface area (Å²) in [5, 5.41) is 9.46. The number of nitrogens with zero attached hydrogens (tertiary/aromatic N) is 1. The maximum atomic E-state index is 12.5. The third-order valence-electron chi connectivity index (χ3n) is 5.68. The van der Waals surface area contributed by atoms with Crippen LogP contribution in [0.5, 0.6) is 0 Å². The lowest BCUT2D eigenvalue weighted by Gasteiger charge is -2.24. The van der Waals surface area contributed by atoms with Crippen LogP contribution in [0.25, 0.3) is 0 Å². The highest BCUT2D eigenvalue weighted by Gasteiger charge is 2.37. The fraction of sp³-hybridized carbons (Fsp3) is 0.619. The maximum Gasteiger partial charge on any atom is 0.251 e. The van der Waals surface area contributed by atoms with E-state index in [9.17, 15) is 9.59 Å². The van der Waals surface area contributed by atoms with E-state index < -0.39 is 0 Å². The smallest absolute Gasteiger partial charge is 0.251 e. The fourth-order valence-electron chi connectivity index (χ4n) is 4.15. The van der Waals surface area contributed by atoms with Crippen molar-refractivity contribution >= 4 is 36.6 Å². The quantitative estimate of drug-likeness (QED) is 0.603. The average molecular weight is 445 g/mol. The van der Waals surface area contributed by atoms with Gasteiger partial charge in [0, 0.05) is 31.2 Å². The largest absolute Gasteiger partial charge is 0.351 e. The zero-order valence-electron chi connectivity index (χ0n) is 17.3. The second-order valence-corrected chi connectivity index (χ2v) is 8.08. The van der Waals surface area contributed by atoms with E-state index in [1.807, 2.05) is 37.2 Å². The summed E-state index contributed by atoms with van der Waals surface area (Å²) in [5.41, 5.74) is 1.57. The van der Waals surface area contributed by atoms with E-state index in [1.54, 1.807) is 6.07 Å². The number of amides is 2. The fourth-order valence-corrected chi connectivity index (χ4v) is 4.15. The average Bonchev–Trinajstić information content (AvgIpc) is 3.10. The Bertz CT molecular complexity index is 658. The first kappa shape index (κ1) is 25.7. The minimum absolute atomic E-state index is 0. The molecular weight excluding hydrogens is 411 g/mol. The second-order valence-electron chi connectivity index (χ2n) is 8.08. The van der Waals surface area contributed by atoms with E-state index in [0.29, 0.717) is 30.6 Å². The van der Waals surface area contributed by atoms with Gasteiger partial charge in [0.15, 0.2) is 0 Å². The Labute approximate surface area is 186 Å². The van der Waals surface area contributed by atoms with Crippen LogP contribution < -0.4 is 16.0 Å². The Balaban J connectivity index is 0.00000210. The summed E-state index contributed by atoms with van der Waals surface area (Å²) in [6, 6.07) is 7.91. The highest BCUT2D eigenvalue weighted by atomic mass is 35.5. The molecule has 2 fully saturated rings. The Hall–Kier alpha value is -1.34. The Morgan fingerprint density at radius 3 is 2.62 bits per heavy atom. The second kappa shape index (κ2) is 12.4. The lowest BCUT2D eigenvalue weighted by Crippen LogP contribution is -2.42. The minimum atomic E-state index is -0.0773. The monoisotopic (exact) mass is 444 g/mol. The van der Waals surface area contributed by atoms with E-state index >= 15 is 0 Å². The maximum absolute atomic E-state index is 12.5. The van der Waals surface area contributed by atoms with Gasteiger partial charge < -0.3 is 20.9 Å². The van der Waals surface area contributed by atoms with Crippen LogP contribution in [0.15, 0.2) is 24.3 Å². The summed E-state index contributed by atoms with van der Waals surface area (Å²) in [5.74, 6) is 0.653. The number of hydrogen-bond acceptors (Lipinski definition) is 4. The van der Waals surface area contributed by atoms with Gasteiger partial charge in [-0.25, -0.2) is 0 Å². The molecule has 0 radical (unpaired) electrons. The topological polar surface area (TPSA) is 73.5 Å². The zero-order valence-corrected chi connectivity index (χ0v) is 18.9. The van der Waals surface area contributed by atoms with Gasteiger partial charge in [-0.15, -0.1) is 24.8 Å². The molecule has 3 rings (SSSR count). The molecule has 1 saturated carbocycles. The molecule has 2 aliphatic rings. The van der Waals surface area contributed by atoms with Crippen molar-refractivity contribution in [1.29, 1.82) is 0 Å². The first-order chi connectivity index (χ1) is 13.0. The molecular formula is C21H34Cl2N4O2. The van der Waals surface area contributed by atoms with Crippen molar-refractivity contribution in [1.82, 2.24) is 20.9 Å². The SMILES string of the molecule is CN(C)CCNC(=O)c1cccc(CNC(=O)C2CC3CCCCC3N2)c1.Cl.Cl. The Morgan fingerprint density at radius 1 is 1.14 bits per heavy atom. The molecule has 3 atom stereocenters. The van der Waals surface area contributed by atoms with Gasteiger partial charge in [-0.2, -0.15) is 0 Å². The predicted molar refractivity (Wildman–Crippen MR) is 121 cm³/mol. The van der Waals surface area contributed by atoms with Gasteiger partial charge in [0.2, 0.25) is 5.91 Å². The summed E-state index contributed by atoms with van der Waals surface area (Å²) >= 11 is 0. The van der Waals surface area contributed by atoms with Gasteiger partial charge in [0.25, 0.3) is 5.91 Å². The lowest BCUT2D eigenvalue weighted by atomic mass is 9.85. The molecule has 1 aliphatic heterocycles. The molecule has 3 N–H and O–H groups in total. The van der Waals surface area contributed by atoms with Crippen LogP contribution in [0.1, 0.15) is 48.0 Å². The normalized spacial score (nSPS) is 22.8. The van der Waals surface area contributed by atoms with E-state index in [4.69, 9.17) is 0 Å². The first-order valence-electron chi connectivity index (χ1n) is 10.1. The number of likely N-dealkylation sites (N-methyl/N-ethyl adjacent to an activating group) is 1. The third kappa shape index (κ3) is 7.45. The lowest BCUT2D eigenvalue weighted by molar-refractivity contribution is -0.123. The molecule has 164 valence electrons. The van der Waals surface area contributed by atoms with Crippen molar-refractivity contribution in [3.63, 3.8) is 0 Å². The molecule has 8 heteroatoms. The standard InChI is InChI=1S/C21H32N4O2.2ClH/c1-25(2)11-10-22-20(26)17-8-5-6-15(12-17)14-23-21(27)19-13-16-7-3-4-9-18(16)24-19;;/h5-6,8,12,16,18-19,24H,3-4,7,9-11,13-14H2,1-2H3,(H,22,26)(H,23,27);2*1H.